The molecule has 0 aliphatic rings. The lowest BCUT2D eigenvalue weighted by Crippen LogP contribution is -2.03. The van der Waals surface area contributed by atoms with Crippen molar-refractivity contribution in [3.63, 3.8) is 0 Å². The summed E-state index contributed by atoms with van der Waals surface area (Å²) in [6.45, 7) is 0. The summed E-state index contributed by atoms with van der Waals surface area (Å²) in [7, 11) is 0. The fourth-order valence-corrected chi connectivity index (χ4v) is 1.52. The van der Waals surface area contributed by atoms with E-state index in [0.717, 1.165) is 0 Å². The van der Waals surface area contributed by atoms with E-state index in [1.165, 1.54) is 18.2 Å². The standard InChI is InChI=1S/C11H6N2O4/c12-4-8-7-3-5(14)1-2-6(7)10(15)9(13-8)11(16)17/h1-3,14-15H,(H,16,17). The van der Waals surface area contributed by atoms with Crippen LogP contribution in [0.25, 0.3) is 10.8 Å². The molecule has 0 fully saturated rings. The zero-order chi connectivity index (χ0) is 12.6. The molecule has 2 rings (SSSR count). The van der Waals surface area contributed by atoms with E-state index in [1.54, 1.807) is 6.07 Å². The highest BCUT2D eigenvalue weighted by Gasteiger charge is 2.18. The Morgan fingerprint density at radius 2 is 2.00 bits per heavy atom. The van der Waals surface area contributed by atoms with Gasteiger partial charge in [0, 0.05) is 10.8 Å². The Labute approximate surface area is 95.0 Å². The third kappa shape index (κ3) is 1.59. The van der Waals surface area contributed by atoms with Crippen LogP contribution in [-0.4, -0.2) is 26.3 Å². The SMILES string of the molecule is N#Cc1nc(C(=O)O)c(O)c2ccc(O)cc12. The third-order valence-electron chi connectivity index (χ3n) is 2.27. The van der Waals surface area contributed by atoms with E-state index in [-0.39, 0.29) is 22.2 Å². The van der Waals surface area contributed by atoms with E-state index in [1.807, 2.05) is 0 Å². The number of phenols is 1. The summed E-state index contributed by atoms with van der Waals surface area (Å²) in [6, 6.07) is 5.58. The lowest BCUT2D eigenvalue weighted by Gasteiger charge is -2.06. The monoisotopic (exact) mass is 230 g/mol. The van der Waals surface area contributed by atoms with Crippen LogP contribution in [0.5, 0.6) is 11.5 Å². The van der Waals surface area contributed by atoms with Crippen molar-refractivity contribution in [2.75, 3.05) is 0 Å². The molecule has 2 aromatic rings. The minimum Gasteiger partial charge on any atom is -0.508 e. The number of hydrogen-bond donors (Lipinski definition) is 3. The highest BCUT2D eigenvalue weighted by atomic mass is 16.4. The van der Waals surface area contributed by atoms with E-state index in [9.17, 15) is 15.0 Å². The lowest BCUT2D eigenvalue weighted by molar-refractivity contribution is 0.0687. The summed E-state index contributed by atoms with van der Waals surface area (Å²) >= 11 is 0. The average molecular weight is 230 g/mol. The van der Waals surface area contributed by atoms with Gasteiger partial charge in [-0.1, -0.05) is 0 Å². The number of nitriles is 1. The molecule has 0 amide bonds. The van der Waals surface area contributed by atoms with Crippen LogP contribution in [0.3, 0.4) is 0 Å². The van der Waals surface area contributed by atoms with Crippen LogP contribution in [-0.2, 0) is 0 Å². The smallest absolute Gasteiger partial charge is 0.358 e. The van der Waals surface area contributed by atoms with Gasteiger partial charge in [-0.15, -0.1) is 0 Å². The van der Waals surface area contributed by atoms with Crippen molar-refractivity contribution in [1.82, 2.24) is 4.98 Å². The first-order valence-corrected chi connectivity index (χ1v) is 4.53. The Balaban J connectivity index is 2.96. The number of aromatic hydroxyl groups is 2. The molecule has 1 aromatic carbocycles. The number of aromatic nitrogens is 1. The Hall–Kier alpha value is -2.81. The second kappa shape index (κ2) is 3.64. The molecular formula is C11H6N2O4. The van der Waals surface area contributed by atoms with Crippen molar-refractivity contribution in [3.8, 4) is 17.6 Å². The predicted molar refractivity (Wildman–Crippen MR) is 56.7 cm³/mol. The van der Waals surface area contributed by atoms with Crippen LogP contribution in [0.2, 0.25) is 0 Å². The Morgan fingerprint density at radius 1 is 1.29 bits per heavy atom. The summed E-state index contributed by atoms with van der Waals surface area (Å²) < 4.78 is 0. The van der Waals surface area contributed by atoms with Crippen molar-refractivity contribution in [2.45, 2.75) is 0 Å². The van der Waals surface area contributed by atoms with Gasteiger partial charge in [0.1, 0.15) is 17.5 Å². The maximum Gasteiger partial charge on any atom is 0.358 e. The van der Waals surface area contributed by atoms with Gasteiger partial charge in [-0.05, 0) is 18.2 Å². The van der Waals surface area contributed by atoms with E-state index in [0.29, 0.717) is 0 Å². The fraction of sp³-hybridized carbons (Fsp3) is 0. The third-order valence-corrected chi connectivity index (χ3v) is 2.27. The first-order chi connectivity index (χ1) is 8.04. The van der Waals surface area contributed by atoms with Crippen LogP contribution in [0.4, 0.5) is 0 Å². The molecule has 0 aliphatic carbocycles. The van der Waals surface area contributed by atoms with E-state index in [4.69, 9.17) is 10.4 Å². The summed E-state index contributed by atoms with van der Waals surface area (Å²) in [6.07, 6.45) is 0. The topological polar surface area (TPSA) is 114 Å². The van der Waals surface area contributed by atoms with Crippen molar-refractivity contribution < 1.29 is 20.1 Å². The number of aromatic carboxylic acids is 1. The average Bonchev–Trinajstić information content (AvgIpc) is 2.29. The number of carbonyl (C=O) groups is 1. The number of hydrogen-bond acceptors (Lipinski definition) is 5. The van der Waals surface area contributed by atoms with E-state index < -0.39 is 17.4 Å². The fourth-order valence-electron chi connectivity index (χ4n) is 1.52. The van der Waals surface area contributed by atoms with Gasteiger partial charge in [0.25, 0.3) is 0 Å². The van der Waals surface area contributed by atoms with Crippen LogP contribution in [0, 0.1) is 11.3 Å². The van der Waals surface area contributed by atoms with E-state index in [2.05, 4.69) is 4.98 Å². The zero-order valence-corrected chi connectivity index (χ0v) is 8.38. The number of nitrogens with zero attached hydrogens (tertiary/aromatic N) is 2. The first kappa shape index (κ1) is 10.7. The molecule has 84 valence electrons. The molecule has 0 spiro atoms. The number of carboxylic acid groups (broad SMARTS) is 1. The van der Waals surface area contributed by atoms with Crippen LogP contribution in [0.1, 0.15) is 16.2 Å². The normalized spacial score (nSPS) is 10.1. The van der Waals surface area contributed by atoms with Gasteiger partial charge in [0.2, 0.25) is 0 Å². The van der Waals surface area contributed by atoms with Crippen LogP contribution < -0.4 is 0 Å². The molecule has 1 aromatic heterocycles. The summed E-state index contributed by atoms with van der Waals surface area (Å²) in [4.78, 5) is 14.4. The van der Waals surface area contributed by atoms with Crippen LogP contribution >= 0.6 is 0 Å². The molecule has 0 radical (unpaired) electrons. The summed E-state index contributed by atoms with van der Waals surface area (Å²) in [5.74, 6) is -2.04. The number of phenolic OH excluding ortho intramolecular Hbond substituents is 1. The van der Waals surface area contributed by atoms with Gasteiger partial charge in [0.15, 0.2) is 11.4 Å². The second-order valence-electron chi connectivity index (χ2n) is 3.30. The largest absolute Gasteiger partial charge is 0.508 e. The number of fused-ring (bicyclic) bond motifs is 1. The molecule has 0 atom stereocenters. The van der Waals surface area contributed by atoms with Gasteiger partial charge in [-0.2, -0.15) is 5.26 Å². The molecule has 0 bridgehead atoms. The Morgan fingerprint density at radius 3 is 2.59 bits per heavy atom. The van der Waals surface area contributed by atoms with Crippen LogP contribution in [0.15, 0.2) is 18.2 Å². The van der Waals surface area contributed by atoms with Gasteiger partial charge in [-0.3, -0.25) is 0 Å². The zero-order valence-electron chi connectivity index (χ0n) is 8.38. The molecule has 6 heteroatoms. The number of pyridine rings is 1. The minimum absolute atomic E-state index is 0.0988. The lowest BCUT2D eigenvalue weighted by atomic mass is 10.1. The maximum atomic E-state index is 10.8. The molecule has 0 saturated carbocycles. The number of benzene rings is 1. The van der Waals surface area contributed by atoms with Crippen molar-refractivity contribution >= 4 is 16.7 Å². The van der Waals surface area contributed by atoms with Gasteiger partial charge >= 0.3 is 5.97 Å². The minimum atomic E-state index is -1.42. The Kier molecular flexibility index (Phi) is 2.29. The predicted octanol–water partition coefficient (Wildman–Crippen LogP) is 1.22. The highest BCUT2D eigenvalue weighted by molar-refractivity contribution is 6.00. The quantitative estimate of drug-likeness (QED) is 0.678. The molecule has 17 heavy (non-hydrogen) atoms. The van der Waals surface area contributed by atoms with Crippen molar-refractivity contribution in [2.24, 2.45) is 0 Å². The summed E-state index contributed by atoms with van der Waals surface area (Å²) in [5.41, 5.74) is -0.745. The van der Waals surface area contributed by atoms with Gasteiger partial charge in [-0.25, -0.2) is 9.78 Å². The molecule has 0 saturated heterocycles. The Bertz CT molecular complexity index is 673. The number of carboxylic acids is 1. The van der Waals surface area contributed by atoms with Crippen molar-refractivity contribution in [3.05, 3.63) is 29.6 Å². The number of rotatable bonds is 1. The summed E-state index contributed by atoms with van der Waals surface area (Å²) in [5, 5.41) is 37.0. The molecule has 0 aliphatic heterocycles. The maximum absolute atomic E-state index is 10.8. The molecule has 1 heterocycles. The molecule has 0 unspecified atom stereocenters. The molecule has 6 nitrogen and oxygen atoms in total. The van der Waals surface area contributed by atoms with E-state index >= 15 is 0 Å². The van der Waals surface area contributed by atoms with Gasteiger partial charge in [0.05, 0.1) is 0 Å². The first-order valence-electron chi connectivity index (χ1n) is 4.53. The molecular weight excluding hydrogens is 224 g/mol. The van der Waals surface area contributed by atoms with Gasteiger partial charge < -0.3 is 15.3 Å². The van der Waals surface area contributed by atoms with Crippen molar-refractivity contribution in [1.29, 1.82) is 5.26 Å². The molecule has 3 N–H and O–H groups in total. The second-order valence-corrected chi connectivity index (χ2v) is 3.30. The highest BCUT2D eigenvalue weighted by Crippen LogP contribution is 2.31.